The van der Waals surface area contributed by atoms with Crippen LogP contribution < -0.4 is 0 Å². The molecule has 0 aromatic carbocycles. The molecule has 2 radical (unpaired) electrons. The molecular formula is C5H11BO2. The van der Waals surface area contributed by atoms with Gasteiger partial charge in [0.05, 0.1) is 12.7 Å². The summed E-state index contributed by atoms with van der Waals surface area (Å²) in [6.07, 6.45) is -0.144. The molecule has 0 heterocycles. The molecule has 2 nitrogen and oxygen atoms in total. The molecule has 1 N–H and O–H groups in total. The van der Waals surface area contributed by atoms with Crippen LogP contribution in [0.1, 0.15) is 13.8 Å². The molecule has 0 amide bonds. The highest BCUT2D eigenvalue weighted by atomic mass is 16.5. The summed E-state index contributed by atoms with van der Waals surface area (Å²) in [5.74, 6) is 0. The molecule has 0 rings (SSSR count). The fourth-order valence-electron chi connectivity index (χ4n) is 0.409. The Balaban J connectivity index is 3.10. The van der Waals surface area contributed by atoms with Crippen LogP contribution >= 0.6 is 0 Å². The number of ether oxygens (including phenoxy) is 1. The first kappa shape index (κ1) is 7.98. The Labute approximate surface area is 51.3 Å². The number of aliphatic hydroxyl groups excluding tert-OH is 1. The summed E-state index contributed by atoms with van der Waals surface area (Å²) in [5.41, 5.74) is 0. The second-order valence-electron chi connectivity index (χ2n) is 1.83. The second kappa shape index (κ2) is 3.92. The summed E-state index contributed by atoms with van der Waals surface area (Å²) < 4.78 is 4.93. The quantitative estimate of drug-likeness (QED) is 0.519. The monoisotopic (exact) mass is 114 g/mol. The molecule has 0 aromatic heterocycles. The van der Waals surface area contributed by atoms with E-state index in [1.54, 1.807) is 13.8 Å². The summed E-state index contributed by atoms with van der Waals surface area (Å²) in [6, 6.07) is -0.280. The Morgan fingerprint density at radius 3 is 2.25 bits per heavy atom. The van der Waals surface area contributed by atoms with Crippen molar-refractivity contribution in [1.82, 2.24) is 0 Å². The number of hydrogen-bond donors (Lipinski definition) is 1. The summed E-state index contributed by atoms with van der Waals surface area (Å²) >= 11 is 0. The van der Waals surface area contributed by atoms with E-state index in [0.29, 0.717) is 0 Å². The van der Waals surface area contributed by atoms with Crippen LogP contribution in [0.4, 0.5) is 0 Å². The van der Waals surface area contributed by atoms with Gasteiger partial charge in [0, 0.05) is 6.00 Å². The zero-order valence-electron chi connectivity index (χ0n) is 5.29. The molecule has 46 valence electrons. The summed E-state index contributed by atoms with van der Waals surface area (Å²) in [6.45, 7) is 3.52. The lowest BCUT2D eigenvalue weighted by molar-refractivity contribution is 0.0138. The first-order valence-electron chi connectivity index (χ1n) is 2.68. The molecule has 0 bridgehead atoms. The van der Waals surface area contributed by atoms with Crippen molar-refractivity contribution >= 4 is 7.85 Å². The lowest BCUT2D eigenvalue weighted by Crippen LogP contribution is -2.19. The Kier molecular flexibility index (Phi) is 3.92. The lowest BCUT2D eigenvalue weighted by atomic mass is 10.0. The first-order chi connectivity index (χ1) is 3.66. The van der Waals surface area contributed by atoms with E-state index in [1.807, 2.05) is 0 Å². The average Bonchev–Trinajstić information content (AvgIpc) is 1.65. The van der Waals surface area contributed by atoms with Crippen LogP contribution in [0.2, 0.25) is 0 Å². The van der Waals surface area contributed by atoms with Crippen molar-refractivity contribution in [2.45, 2.75) is 26.0 Å². The predicted molar refractivity (Wildman–Crippen MR) is 32.8 cm³/mol. The van der Waals surface area contributed by atoms with Crippen molar-refractivity contribution in [2.24, 2.45) is 0 Å². The molecule has 0 aliphatic heterocycles. The number of aliphatic hydroxyl groups is 1. The molecule has 2 atom stereocenters. The average molecular weight is 114 g/mol. The minimum Gasteiger partial charge on any atom is -0.394 e. The third kappa shape index (κ3) is 4.15. The Morgan fingerprint density at radius 2 is 2.12 bits per heavy atom. The molecule has 0 saturated carbocycles. The van der Waals surface area contributed by atoms with Crippen molar-refractivity contribution in [2.75, 3.05) is 6.61 Å². The summed E-state index contributed by atoms with van der Waals surface area (Å²) in [5, 5.41) is 8.40. The van der Waals surface area contributed by atoms with E-state index in [-0.39, 0.29) is 18.7 Å². The van der Waals surface area contributed by atoms with E-state index in [1.165, 1.54) is 0 Å². The third-order valence-electron chi connectivity index (χ3n) is 0.704. The molecule has 0 aromatic rings. The Bertz CT molecular complexity index is 56.4. The summed E-state index contributed by atoms with van der Waals surface area (Å²) in [4.78, 5) is 0. The zero-order chi connectivity index (χ0) is 6.57. The van der Waals surface area contributed by atoms with Gasteiger partial charge in [-0.2, -0.15) is 0 Å². The van der Waals surface area contributed by atoms with Crippen molar-refractivity contribution < 1.29 is 9.84 Å². The number of rotatable bonds is 3. The van der Waals surface area contributed by atoms with Crippen molar-refractivity contribution in [1.29, 1.82) is 0 Å². The van der Waals surface area contributed by atoms with Crippen LogP contribution in [0.3, 0.4) is 0 Å². The maximum absolute atomic E-state index is 8.40. The zero-order valence-corrected chi connectivity index (χ0v) is 5.29. The molecule has 3 heteroatoms. The van der Waals surface area contributed by atoms with E-state index >= 15 is 0 Å². The largest absolute Gasteiger partial charge is 0.394 e. The molecule has 2 unspecified atom stereocenters. The smallest absolute Gasteiger partial charge is 0.108 e. The van der Waals surface area contributed by atoms with Crippen LogP contribution in [-0.4, -0.2) is 31.7 Å². The molecule has 0 spiro atoms. The van der Waals surface area contributed by atoms with Crippen LogP contribution in [0, 0.1) is 0 Å². The van der Waals surface area contributed by atoms with Gasteiger partial charge in [-0.25, -0.2) is 0 Å². The van der Waals surface area contributed by atoms with Crippen molar-refractivity contribution in [3.8, 4) is 0 Å². The fraction of sp³-hybridized carbons (Fsp3) is 1.00. The molecule has 8 heavy (non-hydrogen) atoms. The van der Waals surface area contributed by atoms with E-state index in [2.05, 4.69) is 0 Å². The van der Waals surface area contributed by atoms with Gasteiger partial charge in [-0.05, 0) is 13.8 Å². The van der Waals surface area contributed by atoms with Gasteiger partial charge in [0.25, 0.3) is 0 Å². The van der Waals surface area contributed by atoms with Gasteiger partial charge in [0.1, 0.15) is 7.85 Å². The minimum atomic E-state index is -0.280. The maximum Gasteiger partial charge on any atom is 0.108 e. The molecule has 0 fully saturated rings. The Hall–Kier alpha value is -0.0151. The first-order valence-corrected chi connectivity index (χ1v) is 2.68. The van der Waals surface area contributed by atoms with E-state index in [9.17, 15) is 0 Å². The van der Waals surface area contributed by atoms with Crippen molar-refractivity contribution in [3.63, 3.8) is 0 Å². The maximum atomic E-state index is 8.40. The van der Waals surface area contributed by atoms with Gasteiger partial charge < -0.3 is 9.84 Å². The van der Waals surface area contributed by atoms with Gasteiger partial charge in [0.15, 0.2) is 0 Å². The molecule has 0 aliphatic carbocycles. The van der Waals surface area contributed by atoms with Gasteiger partial charge >= 0.3 is 0 Å². The highest BCUT2D eigenvalue weighted by molar-refractivity contribution is 6.10. The fourth-order valence-corrected chi connectivity index (χ4v) is 0.409. The normalized spacial score (nSPS) is 17.9. The van der Waals surface area contributed by atoms with Gasteiger partial charge in [-0.3, -0.25) is 0 Å². The van der Waals surface area contributed by atoms with Crippen LogP contribution in [0.15, 0.2) is 0 Å². The van der Waals surface area contributed by atoms with Gasteiger partial charge in [-0.15, -0.1) is 0 Å². The highest BCUT2D eigenvalue weighted by Gasteiger charge is 1.99. The third-order valence-corrected chi connectivity index (χ3v) is 0.704. The van der Waals surface area contributed by atoms with E-state index < -0.39 is 0 Å². The lowest BCUT2D eigenvalue weighted by Gasteiger charge is -2.12. The predicted octanol–water partition coefficient (Wildman–Crippen LogP) is -0.102. The Morgan fingerprint density at radius 1 is 1.62 bits per heavy atom. The van der Waals surface area contributed by atoms with Crippen LogP contribution in [0.5, 0.6) is 0 Å². The van der Waals surface area contributed by atoms with Gasteiger partial charge in [-0.1, -0.05) is 0 Å². The SMILES string of the molecule is [B]C(C)OC(C)CO. The van der Waals surface area contributed by atoms with E-state index in [0.717, 1.165) is 0 Å². The standard InChI is InChI=1S/C5H11BO2/c1-4(3-7)8-5(2)6/h4-5,7H,3H2,1-2H3. The highest BCUT2D eigenvalue weighted by Crippen LogP contribution is 1.91. The molecule has 0 aliphatic rings. The van der Waals surface area contributed by atoms with Gasteiger partial charge in [0.2, 0.25) is 0 Å². The minimum absolute atomic E-state index is 0.0293. The van der Waals surface area contributed by atoms with E-state index in [4.69, 9.17) is 17.7 Å². The second-order valence-corrected chi connectivity index (χ2v) is 1.83. The van der Waals surface area contributed by atoms with Crippen LogP contribution in [-0.2, 0) is 4.74 Å². The van der Waals surface area contributed by atoms with Crippen LogP contribution in [0.25, 0.3) is 0 Å². The molecule has 0 saturated heterocycles. The summed E-state index contributed by atoms with van der Waals surface area (Å²) in [7, 11) is 5.24. The topological polar surface area (TPSA) is 29.5 Å². The van der Waals surface area contributed by atoms with Crippen molar-refractivity contribution in [3.05, 3.63) is 0 Å². The number of hydrogen-bond acceptors (Lipinski definition) is 2. The molecular weight excluding hydrogens is 103 g/mol.